The van der Waals surface area contributed by atoms with Crippen molar-refractivity contribution in [3.8, 4) is 0 Å². The molecule has 1 saturated carbocycles. The Balaban J connectivity index is 2.20. The predicted octanol–water partition coefficient (Wildman–Crippen LogP) is 4.13. The van der Waals surface area contributed by atoms with Gasteiger partial charge in [-0.25, -0.2) is 0 Å². The van der Waals surface area contributed by atoms with Gasteiger partial charge < -0.3 is 0 Å². The highest BCUT2D eigenvalue weighted by molar-refractivity contribution is 4.83. The fourth-order valence-corrected chi connectivity index (χ4v) is 1.91. The molecule has 0 nitrogen and oxygen atoms in total. The molecule has 1 rings (SSSR count). The van der Waals surface area contributed by atoms with Crippen LogP contribution in [0.25, 0.3) is 0 Å². The molecular weight excluding hydrogens is 144 g/mol. The van der Waals surface area contributed by atoms with Crippen molar-refractivity contribution in [3.63, 3.8) is 0 Å². The maximum absolute atomic E-state index is 2.49. The molecule has 0 N–H and O–H groups in total. The topological polar surface area (TPSA) is 0 Å². The summed E-state index contributed by atoms with van der Waals surface area (Å²) in [5, 5.41) is 0. The molecule has 1 aliphatic rings. The van der Waals surface area contributed by atoms with E-state index in [1.807, 2.05) is 0 Å². The van der Waals surface area contributed by atoms with Gasteiger partial charge in [0.15, 0.2) is 0 Å². The van der Waals surface area contributed by atoms with E-state index in [-0.39, 0.29) is 0 Å². The maximum atomic E-state index is 2.49. The summed E-state index contributed by atoms with van der Waals surface area (Å²) in [6, 6.07) is 0. The molecule has 1 unspecified atom stereocenters. The van der Waals surface area contributed by atoms with Crippen LogP contribution in [0.5, 0.6) is 0 Å². The van der Waals surface area contributed by atoms with Crippen molar-refractivity contribution >= 4 is 0 Å². The number of hydrogen-bond acceptors (Lipinski definition) is 0. The Hall–Kier alpha value is -0.260. The summed E-state index contributed by atoms with van der Waals surface area (Å²) in [4.78, 5) is 0. The SMILES string of the molecule is CC=CCC1C[CH]CCCCC1. The van der Waals surface area contributed by atoms with Gasteiger partial charge in [-0.2, -0.15) is 0 Å². The molecule has 0 aliphatic heterocycles. The lowest BCUT2D eigenvalue weighted by molar-refractivity contribution is 0.425. The van der Waals surface area contributed by atoms with Crippen molar-refractivity contribution in [1.29, 1.82) is 0 Å². The summed E-state index contributed by atoms with van der Waals surface area (Å²) in [5.74, 6) is 0.946. The summed E-state index contributed by atoms with van der Waals surface area (Å²) < 4.78 is 0. The largest absolute Gasteiger partial charge is 0.0917 e. The van der Waals surface area contributed by atoms with Crippen LogP contribution < -0.4 is 0 Å². The van der Waals surface area contributed by atoms with Crippen LogP contribution in [0.15, 0.2) is 12.2 Å². The maximum Gasteiger partial charge on any atom is -0.0322 e. The van der Waals surface area contributed by atoms with E-state index >= 15 is 0 Å². The molecule has 12 heavy (non-hydrogen) atoms. The molecule has 1 radical (unpaired) electrons. The van der Waals surface area contributed by atoms with Crippen LogP contribution in [0, 0.1) is 12.3 Å². The number of rotatable bonds is 2. The van der Waals surface area contributed by atoms with E-state index in [2.05, 4.69) is 25.5 Å². The van der Waals surface area contributed by atoms with Crippen LogP contribution in [-0.2, 0) is 0 Å². The van der Waals surface area contributed by atoms with Crippen LogP contribution in [0.1, 0.15) is 51.9 Å². The van der Waals surface area contributed by atoms with Crippen molar-refractivity contribution in [3.05, 3.63) is 18.6 Å². The fourth-order valence-electron chi connectivity index (χ4n) is 1.91. The first kappa shape index (κ1) is 9.83. The van der Waals surface area contributed by atoms with E-state index in [4.69, 9.17) is 0 Å². The molecule has 0 saturated heterocycles. The third kappa shape index (κ3) is 3.94. The second kappa shape index (κ2) is 6.28. The molecule has 69 valence electrons. The molecule has 0 heteroatoms. The zero-order chi connectivity index (χ0) is 8.65. The van der Waals surface area contributed by atoms with Gasteiger partial charge in [0.05, 0.1) is 0 Å². The Morgan fingerprint density at radius 3 is 3.08 bits per heavy atom. The highest BCUT2D eigenvalue weighted by Crippen LogP contribution is 2.24. The molecule has 0 amide bonds. The van der Waals surface area contributed by atoms with E-state index in [1.165, 1.54) is 44.9 Å². The van der Waals surface area contributed by atoms with E-state index in [9.17, 15) is 0 Å². The minimum Gasteiger partial charge on any atom is -0.0917 e. The van der Waals surface area contributed by atoms with Crippen molar-refractivity contribution in [2.75, 3.05) is 0 Å². The summed E-state index contributed by atoms with van der Waals surface area (Å²) >= 11 is 0. The minimum absolute atomic E-state index is 0.946. The van der Waals surface area contributed by atoms with Crippen LogP contribution in [-0.4, -0.2) is 0 Å². The standard InChI is InChI=1S/C12H21/c1-2-3-9-12-10-7-5-4-6-8-11-12/h2-3,7,12H,4-6,8-11H2,1H3. The van der Waals surface area contributed by atoms with Crippen molar-refractivity contribution in [2.45, 2.75) is 51.9 Å². The molecule has 0 spiro atoms. The molecule has 1 aliphatic carbocycles. The summed E-state index contributed by atoms with van der Waals surface area (Å²) in [6.07, 6.45) is 16.8. The molecule has 0 aromatic heterocycles. The Morgan fingerprint density at radius 1 is 1.33 bits per heavy atom. The third-order valence-electron chi connectivity index (χ3n) is 2.73. The Kier molecular flexibility index (Phi) is 5.14. The Labute approximate surface area is 77.1 Å². The van der Waals surface area contributed by atoms with Crippen molar-refractivity contribution in [1.82, 2.24) is 0 Å². The molecule has 0 aromatic rings. The average molecular weight is 165 g/mol. The van der Waals surface area contributed by atoms with Crippen molar-refractivity contribution in [2.24, 2.45) is 5.92 Å². The van der Waals surface area contributed by atoms with Crippen molar-refractivity contribution < 1.29 is 0 Å². The molecule has 0 heterocycles. The summed E-state index contributed by atoms with van der Waals surface area (Å²) in [5.41, 5.74) is 0. The molecule has 0 bridgehead atoms. The second-order valence-corrected chi connectivity index (χ2v) is 3.83. The van der Waals surface area contributed by atoms with Gasteiger partial charge in [0, 0.05) is 0 Å². The van der Waals surface area contributed by atoms with Gasteiger partial charge in [0.2, 0.25) is 0 Å². The lowest BCUT2D eigenvalue weighted by Gasteiger charge is -2.17. The predicted molar refractivity (Wildman–Crippen MR) is 54.9 cm³/mol. The monoisotopic (exact) mass is 165 g/mol. The molecule has 1 atom stereocenters. The van der Waals surface area contributed by atoms with Crippen LogP contribution >= 0.6 is 0 Å². The van der Waals surface area contributed by atoms with Gasteiger partial charge >= 0.3 is 0 Å². The molecular formula is C12H21. The van der Waals surface area contributed by atoms with Gasteiger partial charge in [0.25, 0.3) is 0 Å². The van der Waals surface area contributed by atoms with Crippen LogP contribution in [0.2, 0.25) is 0 Å². The smallest absolute Gasteiger partial charge is 0.0322 e. The first-order valence-electron chi connectivity index (χ1n) is 5.36. The van der Waals surface area contributed by atoms with E-state index in [0.717, 1.165) is 5.92 Å². The zero-order valence-corrected chi connectivity index (χ0v) is 8.26. The third-order valence-corrected chi connectivity index (χ3v) is 2.73. The minimum atomic E-state index is 0.946. The Bertz CT molecular complexity index is 116. The zero-order valence-electron chi connectivity index (χ0n) is 8.26. The number of hydrogen-bond donors (Lipinski definition) is 0. The van der Waals surface area contributed by atoms with E-state index in [1.54, 1.807) is 0 Å². The normalized spacial score (nSPS) is 22.4. The summed E-state index contributed by atoms with van der Waals surface area (Å²) in [7, 11) is 0. The first-order chi connectivity index (χ1) is 5.93. The van der Waals surface area contributed by atoms with Gasteiger partial charge in [-0.15, -0.1) is 0 Å². The summed E-state index contributed by atoms with van der Waals surface area (Å²) in [6.45, 7) is 2.12. The highest BCUT2D eigenvalue weighted by Gasteiger charge is 2.09. The first-order valence-corrected chi connectivity index (χ1v) is 5.36. The Morgan fingerprint density at radius 2 is 2.25 bits per heavy atom. The second-order valence-electron chi connectivity index (χ2n) is 3.83. The van der Waals surface area contributed by atoms with Gasteiger partial charge in [-0.1, -0.05) is 44.3 Å². The number of allylic oxidation sites excluding steroid dienone is 2. The van der Waals surface area contributed by atoms with Crippen LogP contribution in [0.4, 0.5) is 0 Å². The molecule has 1 fully saturated rings. The quantitative estimate of drug-likeness (QED) is 0.540. The van der Waals surface area contributed by atoms with Gasteiger partial charge in [-0.05, 0) is 32.1 Å². The van der Waals surface area contributed by atoms with Gasteiger partial charge in [0.1, 0.15) is 0 Å². The van der Waals surface area contributed by atoms with Crippen LogP contribution in [0.3, 0.4) is 0 Å². The average Bonchev–Trinajstić information content (AvgIpc) is 2.02. The van der Waals surface area contributed by atoms with E-state index in [0.29, 0.717) is 0 Å². The van der Waals surface area contributed by atoms with E-state index < -0.39 is 0 Å². The molecule has 0 aromatic carbocycles. The lowest BCUT2D eigenvalue weighted by Crippen LogP contribution is -2.02. The fraction of sp³-hybridized carbons (Fsp3) is 0.750. The lowest BCUT2D eigenvalue weighted by atomic mass is 9.89. The highest BCUT2D eigenvalue weighted by atomic mass is 14.1. The van der Waals surface area contributed by atoms with Gasteiger partial charge in [-0.3, -0.25) is 0 Å².